The number of carbonyl (C=O) groups excluding carboxylic acids is 1. The molecule has 1 aliphatic carbocycles. The zero-order valence-electron chi connectivity index (χ0n) is 23.3. The topological polar surface area (TPSA) is 70.1 Å². The van der Waals surface area contributed by atoms with Crippen LogP contribution in [0, 0.1) is 36.4 Å². The summed E-state index contributed by atoms with van der Waals surface area (Å²) in [4.78, 5) is 16.7. The third-order valence-corrected chi connectivity index (χ3v) is 9.67. The average molecular weight is 607 g/mol. The highest BCUT2D eigenvalue weighted by Gasteiger charge is 2.45. The van der Waals surface area contributed by atoms with E-state index >= 15 is 0 Å². The van der Waals surface area contributed by atoms with E-state index in [1.807, 2.05) is 6.92 Å². The Hall–Kier alpha value is -3.24. The fourth-order valence-corrected chi connectivity index (χ4v) is 7.18. The summed E-state index contributed by atoms with van der Waals surface area (Å²) < 4.78 is 13.4. The molecule has 4 nitrogen and oxygen atoms in total. The fraction of sp³-hybridized carbons (Fsp3) is 0.273. The number of ketones is 1. The lowest BCUT2D eigenvalue weighted by Crippen LogP contribution is -2.42. The molecule has 0 spiro atoms. The molecule has 0 saturated heterocycles. The number of allylic oxidation sites excluding steroid dienone is 3. The fourth-order valence-electron chi connectivity index (χ4n) is 5.83. The molecule has 1 aliphatic heterocycles. The van der Waals surface area contributed by atoms with Gasteiger partial charge in [-0.3, -0.25) is 9.69 Å². The van der Waals surface area contributed by atoms with E-state index in [0.29, 0.717) is 45.5 Å². The lowest BCUT2D eigenvalue weighted by Gasteiger charge is -2.44. The smallest absolute Gasteiger partial charge is 0.162 e. The first-order valence-electron chi connectivity index (χ1n) is 13.3. The maximum atomic E-state index is 14.0. The molecule has 0 fully saturated rings. The molecule has 5 rings (SSSR count). The number of nitrogens with two attached hydrogens (primary N) is 1. The van der Waals surface area contributed by atoms with E-state index in [4.69, 9.17) is 28.9 Å². The quantitative estimate of drug-likeness (QED) is 0.294. The van der Waals surface area contributed by atoms with Crippen LogP contribution >= 0.6 is 35.0 Å². The number of thioether (sulfide) groups is 1. The Bertz CT molecular complexity index is 1670. The standard InChI is InChI=1S/C33H30Cl2FN3OS/c1-18-12-19(2)23(13-20(18)17-41-22-10-8-21(36)9-11-22)29-24(16-37)32(38)39(26-7-5-6-25(34)31(26)35)27-14-33(3,4)15-28(40)30(27)29/h5-13,29H,14-15,17,38H2,1-4H3. The first-order valence-corrected chi connectivity index (χ1v) is 15.0. The lowest BCUT2D eigenvalue weighted by molar-refractivity contribution is -0.118. The van der Waals surface area contributed by atoms with Crippen LogP contribution in [-0.4, -0.2) is 5.78 Å². The summed E-state index contributed by atoms with van der Waals surface area (Å²) in [5.74, 6) is 0.00436. The van der Waals surface area contributed by atoms with Crippen molar-refractivity contribution in [1.29, 1.82) is 5.26 Å². The van der Waals surface area contributed by atoms with Crippen molar-refractivity contribution in [3.05, 3.63) is 115 Å². The van der Waals surface area contributed by atoms with Gasteiger partial charge in [-0.25, -0.2) is 4.39 Å². The van der Waals surface area contributed by atoms with Crippen molar-refractivity contribution in [3.8, 4) is 6.07 Å². The first-order chi connectivity index (χ1) is 19.4. The molecule has 2 aliphatic rings. The van der Waals surface area contributed by atoms with E-state index in [1.54, 1.807) is 47.0 Å². The Balaban J connectivity index is 1.68. The van der Waals surface area contributed by atoms with Crippen molar-refractivity contribution in [2.45, 2.75) is 57.1 Å². The van der Waals surface area contributed by atoms with Crippen LogP contribution in [0.2, 0.25) is 10.0 Å². The van der Waals surface area contributed by atoms with Gasteiger partial charge >= 0.3 is 0 Å². The van der Waals surface area contributed by atoms with Gasteiger partial charge in [0.15, 0.2) is 5.78 Å². The third kappa shape index (κ3) is 5.51. The number of benzene rings is 3. The van der Waals surface area contributed by atoms with Crippen molar-refractivity contribution in [1.82, 2.24) is 0 Å². The Morgan fingerprint density at radius 1 is 1.10 bits per heavy atom. The minimum atomic E-state index is -0.608. The van der Waals surface area contributed by atoms with Crippen LogP contribution < -0.4 is 10.6 Å². The van der Waals surface area contributed by atoms with Gasteiger partial charge in [0.1, 0.15) is 11.6 Å². The molecule has 41 heavy (non-hydrogen) atoms. The monoisotopic (exact) mass is 605 g/mol. The van der Waals surface area contributed by atoms with Crippen LogP contribution in [0.1, 0.15) is 54.9 Å². The summed E-state index contributed by atoms with van der Waals surface area (Å²) in [5, 5.41) is 11.2. The number of hydrogen-bond acceptors (Lipinski definition) is 5. The Labute approximate surface area is 254 Å². The number of nitrogens with zero attached hydrogens (tertiary/aromatic N) is 2. The number of halogens is 3. The molecular weight excluding hydrogens is 576 g/mol. The van der Waals surface area contributed by atoms with Crippen LogP contribution in [0.25, 0.3) is 0 Å². The van der Waals surface area contributed by atoms with Crippen LogP contribution in [-0.2, 0) is 10.5 Å². The molecule has 0 radical (unpaired) electrons. The molecule has 210 valence electrons. The van der Waals surface area contributed by atoms with Gasteiger partial charge < -0.3 is 5.73 Å². The second-order valence-corrected chi connectivity index (χ2v) is 13.3. The summed E-state index contributed by atoms with van der Waals surface area (Å²) in [6.45, 7) is 8.17. The Morgan fingerprint density at radius 3 is 2.49 bits per heavy atom. The molecule has 1 unspecified atom stereocenters. The molecule has 1 heterocycles. The van der Waals surface area contributed by atoms with E-state index in [0.717, 1.165) is 32.8 Å². The van der Waals surface area contributed by atoms with Crippen LogP contribution in [0.15, 0.2) is 82.2 Å². The summed E-state index contributed by atoms with van der Waals surface area (Å²) >= 11 is 14.7. The van der Waals surface area contributed by atoms with Gasteiger partial charge in [0.2, 0.25) is 0 Å². The zero-order valence-corrected chi connectivity index (χ0v) is 25.6. The molecule has 0 aromatic heterocycles. The minimum absolute atomic E-state index is 0.00753. The first kappa shape index (κ1) is 29.3. The Morgan fingerprint density at radius 2 is 1.80 bits per heavy atom. The second kappa shape index (κ2) is 11.2. The van der Waals surface area contributed by atoms with Gasteiger partial charge in [0.05, 0.1) is 33.3 Å². The van der Waals surface area contributed by atoms with Crippen LogP contribution in [0.5, 0.6) is 0 Å². The largest absolute Gasteiger partial charge is 0.384 e. The van der Waals surface area contributed by atoms with E-state index < -0.39 is 5.92 Å². The predicted molar refractivity (Wildman–Crippen MR) is 165 cm³/mol. The predicted octanol–water partition coefficient (Wildman–Crippen LogP) is 8.98. The van der Waals surface area contributed by atoms with Crippen LogP contribution in [0.3, 0.4) is 0 Å². The maximum Gasteiger partial charge on any atom is 0.162 e. The molecule has 1 atom stereocenters. The molecule has 2 N–H and O–H groups in total. The molecule has 3 aromatic rings. The third-order valence-electron chi connectivity index (χ3n) is 7.80. The van der Waals surface area contributed by atoms with Gasteiger partial charge in [-0.1, -0.05) is 55.2 Å². The highest BCUT2D eigenvalue weighted by molar-refractivity contribution is 7.98. The number of carbonyl (C=O) groups is 1. The molecule has 8 heteroatoms. The molecule has 3 aromatic carbocycles. The number of Topliss-reactive ketones (excluding diaryl/α,β-unsaturated/α-hetero) is 1. The highest BCUT2D eigenvalue weighted by atomic mass is 35.5. The van der Waals surface area contributed by atoms with E-state index in [2.05, 4.69) is 39.0 Å². The van der Waals surface area contributed by atoms with Gasteiger partial charge in [-0.05, 0) is 84.3 Å². The Kier molecular flexibility index (Phi) is 8.00. The zero-order chi connectivity index (χ0) is 29.6. The number of rotatable bonds is 5. The van der Waals surface area contributed by atoms with Crippen molar-refractivity contribution >= 4 is 46.4 Å². The normalized spacial score (nSPS) is 18.4. The van der Waals surface area contributed by atoms with Gasteiger partial charge in [0, 0.05) is 28.3 Å². The van der Waals surface area contributed by atoms with Crippen molar-refractivity contribution in [2.24, 2.45) is 11.1 Å². The number of anilines is 1. The van der Waals surface area contributed by atoms with Gasteiger partial charge in [-0.2, -0.15) is 5.26 Å². The van der Waals surface area contributed by atoms with Gasteiger partial charge in [-0.15, -0.1) is 11.8 Å². The van der Waals surface area contributed by atoms with Crippen molar-refractivity contribution in [3.63, 3.8) is 0 Å². The minimum Gasteiger partial charge on any atom is -0.384 e. The maximum absolute atomic E-state index is 14.0. The molecule has 0 saturated carbocycles. The summed E-state index contributed by atoms with van der Waals surface area (Å²) in [6, 6.07) is 18.2. The molecule has 0 bridgehead atoms. The molecular formula is C33H30Cl2FN3OS. The van der Waals surface area contributed by atoms with E-state index in [1.165, 1.54) is 12.1 Å². The number of nitriles is 1. The van der Waals surface area contributed by atoms with Crippen LogP contribution in [0.4, 0.5) is 10.1 Å². The van der Waals surface area contributed by atoms with Crippen molar-refractivity contribution < 1.29 is 9.18 Å². The van der Waals surface area contributed by atoms with Gasteiger partial charge in [0.25, 0.3) is 0 Å². The average Bonchev–Trinajstić information content (AvgIpc) is 2.90. The summed E-state index contributed by atoms with van der Waals surface area (Å²) in [5.41, 5.74) is 12.7. The summed E-state index contributed by atoms with van der Waals surface area (Å²) in [6.07, 6.45) is 0.932. The van der Waals surface area contributed by atoms with E-state index in [9.17, 15) is 14.4 Å². The number of hydrogen-bond donors (Lipinski definition) is 1. The molecule has 0 amide bonds. The van der Waals surface area contributed by atoms with Crippen molar-refractivity contribution in [2.75, 3.05) is 4.90 Å². The summed E-state index contributed by atoms with van der Waals surface area (Å²) in [7, 11) is 0. The lowest BCUT2D eigenvalue weighted by atomic mass is 9.68. The highest BCUT2D eigenvalue weighted by Crippen LogP contribution is 2.52. The SMILES string of the molecule is Cc1cc(C)c(C2C(C#N)=C(N)N(c3cccc(Cl)c3Cl)C3=C2C(=O)CC(C)(C)C3)cc1CSc1ccc(F)cc1. The van der Waals surface area contributed by atoms with E-state index in [-0.39, 0.29) is 22.8 Å². The number of aryl methyl sites for hydroxylation is 2. The second-order valence-electron chi connectivity index (χ2n) is 11.4.